The average Bonchev–Trinajstić information content (AvgIpc) is 2.81. The highest BCUT2D eigenvalue weighted by atomic mass is 16.4. The molecule has 1 N–H and O–H groups in total. The lowest BCUT2D eigenvalue weighted by molar-refractivity contribution is -0.144. The standard InChI is InChI=1S/C15H14N2O4/c18-13-11(15(20)21)9-16-6-7-17(14(19)12(13)16)8-10-4-2-1-3-5-10/h1-5,9,12H,6-8H2,(H,20,21). The lowest BCUT2D eigenvalue weighted by Crippen LogP contribution is -2.55. The van der Waals surface area contributed by atoms with Crippen molar-refractivity contribution in [3.05, 3.63) is 47.7 Å². The summed E-state index contributed by atoms with van der Waals surface area (Å²) in [5.41, 5.74) is 0.672. The summed E-state index contributed by atoms with van der Waals surface area (Å²) in [4.78, 5) is 38.6. The minimum atomic E-state index is -1.28. The number of hydrogen-bond donors (Lipinski definition) is 1. The predicted octanol–water partition coefficient (Wildman–Crippen LogP) is 0.251. The van der Waals surface area contributed by atoms with Crippen LogP contribution in [0.4, 0.5) is 0 Å². The summed E-state index contributed by atoms with van der Waals surface area (Å²) in [7, 11) is 0. The predicted molar refractivity (Wildman–Crippen MR) is 73.1 cm³/mol. The van der Waals surface area contributed by atoms with Gasteiger partial charge in [-0.25, -0.2) is 4.79 Å². The van der Waals surface area contributed by atoms with Gasteiger partial charge in [0.15, 0.2) is 6.04 Å². The van der Waals surface area contributed by atoms with Crippen molar-refractivity contribution in [2.45, 2.75) is 12.6 Å². The van der Waals surface area contributed by atoms with Gasteiger partial charge in [0.2, 0.25) is 5.78 Å². The maximum atomic E-state index is 12.4. The number of aliphatic carboxylic acids is 1. The van der Waals surface area contributed by atoms with Crippen LogP contribution in [-0.4, -0.2) is 51.7 Å². The molecule has 21 heavy (non-hydrogen) atoms. The van der Waals surface area contributed by atoms with E-state index >= 15 is 0 Å². The van der Waals surface area contributed by atoms with Gasteiger partial charge in [-0.15, -0.1) is 0 Å². The normalized spacial score (nSPS) is 21.3. The summed E-state index contributed by atoms with van der Waals surface area (Å²) < 4.78 is 0. The van der Waals surface area contributed by atoms with Crippen molar-refractivity contribution >= 4 is 17.7 Å². The van der Waals surface area contributed by atoms with Gasteiger partial charge in [-0.3, -0.25) is 9.59 Å². The molecule has 1 fully saturated rings. The van der Waals surface area contributed by atoms with Gasteiger partial charge < -0.3 is 14.9 Å². The summed E-state index contributed by atoms with van der Waals surface area (Å²) in [5.74, 6) is -2.23. The largest absolute Gasteiger partial charge is 0.478 e. The van der Waals surface area contributed by atoms with Crippen molar-refractivity contribution in [3.8, 4) is 0 Å². The van der Waals surface area contributed by atoms with Crippen LogP contribution < -0.4 is 0 Å². The summed E-state index contributed by atoms with van der Waals surface area (Å²) >= 11 is 0. The molecule has 0 saturated carbocycles. The van der Waals surface area contributed by atoms with E-state index in [4.69, 9.17) is 5.11 Å². The minimum absolute atomic E-state index is 0.310. The number of fused-ring (bicyclic) bond motifs is 1. The molecule has 0 radical (unpaired) electrons. The molecular formula is C15H14N2O4. The van der Waals surface area contributed by atoms with Gasteiger partial charge in [0.25, 0.3) is 5.91 Å². The molecule has 6 nitrogen and oxygen atoms in total. The fraction of sp³-hybridized carbons (Fsp3) is 0.267. The number of rotatable bonds is 3. The molecule has 6 heteroatoms. The molecule has 1 atom stereocenters. The highest BCUT2D eigenvalue weighted by Gasteiger charge is 2.45. The van der Waals surface area contributed by atoms with Gasteiger partial charge in [0.1, 0.15) is 5.57 Å². The van der Waals surface area contributed by atoms with E-state index in [1.165, 1.54) is 11.1 Å². The van der Waals surface area contributed by atoms with E-state index < -0.39 is 17.8 Å². The number of benzene rings is 1. The molecule has 1 aromatic rings. The lowest BCUT2D eigenvalue weighted by Gasteiger charge is -2.36. The van der Waals surface area contributed by atoms with E-state index in [0.29, 0.717) is 19.6 Å². The third-order valence-corrected chi connectivity index (χ3v) is 3.76. The topological polar surface area (TPSA) is 77.9 Å². The number of carboxylic acid groups (broad SMARTS) is 1. The Labute approximate surface area is 121 Å². The molecule has 0 bridgehead atoms. The molecule has 1 saturated heterocycles. The number of piperazine rings is 1. The number of amides is 1. The Morgan fingerprint density at radius 1 is 1.19 bits per heavy atom. The molecule has 3 rings (SSSR count). The van der Waals surface area contributed by atoms with Crippen LogP contribution in [0.5, 0.6) is 0 Å². The SMILES string of the molecule is O=C(O)C1=CN2CCN(Cc3ccccc3)C(=O)C2C1=O. The third-order valence-electron chi connectivity index (χ3n) is 3.76. The molecule has 2 aliphatic rings. The molecule has 0 aliphatic carbocycles. The van der Waals surface area contributed by atoms with Gasteiger partial charge in [0.05, 0.1) is 0 Å². The Morgan fingerprint density at radius 3 is 2.57 bits per heavy atom. The average molecular weight is 286 g/mol. The van der Waals surface area contributed by atoms with Crippen molar-refractivity contribution in [1.82, 2.24) is 9.80 Å². The summed E-state index contributed by atoms with van der Waals surface area (Å²) in [6.45, 7) is 1.37. The first-order valence-corrected chi connectivity index (χ1v) is 6.65. The summed E-state index contributed by atoms with van der Waals surface area (Å²) in [5, 5.41) is 8.98. The molecule has 1 unspecified atom stereocenters. The molecule has 2 heterocycles. The van der Waals surface area contributed by atoms with Crippen molar-refractivity contribution in [1.29, 1.82) is 0 Å². The quantitative estimate of drug-likeness (QED) is 0.636. The first kappa shape index (κ1) is 13.4. The minimum Gasteiger partial charge on any atom is -0.478 e. The molecular weight excluding hydrogens is 272 g/mol. The maximum Gasteiger partial charge on any atom is 0.340 e. The first-order chi connectivity index (χ1) is 10.1. The van der Waals surface area contributed by atoms with Gasteiger partial charge in [-0.05, 0) is 5.56 Å². The zero-order valence-corrected chi connectivity index (χ0v) is 11.2. The number of carboxylic acids is 1. The number of ketones is 1. The van der Waals surface area contributed by atoms with Crippen LogP contribution in [0.3, 0.4) is 0 Å². The molecule has 1 aromatic carbocycles. The van der Waals surface area contributed by atoms with E-state index in [1.807, 2.05) is 30.3 Å². The Balaban J connectivity index is 1.78. The van der Waals surface area contributed by atoms with Crippen LogP contribution in [0, 0.1) is 0 Å². The molecule has 1 amide bonds. The van der Waals surface area contributed by atoms with Gasteiger partial charge in [0, 0.05) is 25.8 Å². The molecule has 2 aliphatic heterocycles. The Bertz CT molecular complexity index is 638. The highest BCUT2D eigenvalue weighted by Crippen LogP contribution is 2.24. The number of hydrogen-bond acceptors (Lipinski definition) is 4. The second-order valence-corrected chi connectivity index (χ2v) is 5.10. The van der Waals surface area contributed by atoms with Crippen molar-refractivity contribution < 1.29 is 19.5 Å². The fourth-order valence-corrected chi connectivity index (χ4v) is 2.69. The van der Waals surface area contributed by atoms with E-state index in [0.717, 1.165) is 5.56 Å². The molecule has 0 spiro atoms. The smallest absolute Gasteiger partial charge is 0.340 e. The Hall–Kier alpha value is -2.63. The van der Waals surface area contributed by atoms with Crippen LogP contribution in [0.25, 0.3) is 0 Å². The maximum absolute atomic E-state index is 12.4. The van der Waals surface area contributed by atoms with Crippen LogP contribution in [0.15, 0.2) is 42.1 Å². The van der Waals surface area contributed by atoms with Crippen molar-refractivity contribution in [3.63, 3.8) is 0 Å². The monoisotopic (exact) mass is 286 g/mol. The van der Waals surface area contributed by atoms with Crippen molar-refractivity contribution in [2.75, 3.05) is 13.1 Å². The van der Waals surface area contributed by atoms with E-state index in [1.54, 1.807) is 4.90 Å². The summed E-state index contributed by atoms with van der Waals surface area (Å²) in [6, 6.07) is 8.50. The number of nitrogens with zero attached hydrogens (tertiary/aromatic N) is 2. The zero-order chi connectivity index (χ0) is 15.0. The number of Topliss-reactive ketones (excluding diaryl/α,β-unsaturated/α-hetero) is 1. The first-order valence-electron chi connectivity index (χ1n) is 6.65. The van der Waals surface area contributed by atoms with E-state index in [2.05, 4.69) is 0 Å². The van der Waals surface area contributed by atoms with Gasteiger partial charge in [-0.2, -0.15) is 0 Å². The third kappa shape index (κ3) is 2.29. The molecule has 108 valence electrons. The van der Waals surface area contributed by atoms with Gasteiger partial charge >= 0.3 is 5.97 Å². The van der Waals surface area contributed by atoms with Crippen LogP contribution >= 0.6 is 0 Å². The highest BCUT2D eigenvalue weighted by molar-refractivity contribution is 6.26. The zero-order valence-electron chi connectivity index (χ0n) is 11.2. The second-order valence-electron chi connectivity index (χ2n) is 5.10. The Kier molecular flexibility index (Phi) is 3.21. The second kappa shape index (κ2) is 5.05. The fourth-order valence-electron chi connectivity index (χ4n) is 2.69. The van der Waals surface area contributed by atoms with E-state index in [-0.39, 0.29) is 11.5 Å². The van der Waals surface area contributed by atoms with Crippen LogP contribution in [0.1, 0.15) is 5.56 Å². The number of carbonyl (C=O) groups excluding carboxylic acids is 2. The van der Waals surface area contributed by atoms with Crippen molar-refractivity contribution in [2.24, 2.45) is 0 Å². The van der Waals surface area contributed by atoms with Gasteiger partial charge in [-0.1, -0.05) is 30.3 Å². The Morgan fingerprint density at radius 2 is 1.90 bits per heavy atom. The lowest BCUT2D eigenvalue weighted by atomic mass is 10.1. The van der Waals surface area contributed by atoms with Crippen LogP contribution in [0.2, 0.25) is 0 Å². The molecule has 0 aromatic heterocycles. The van der Waals surface area contributed by atoms with Crippen LogP contribution in [-0.2, 0) is 20.9 Å². The van der Waals surface area contributed by atoms with E-state index in [9.17, 15) is 14.4 Å². The summed E-state index contributed by atoms with van der Waals surface area (Å²) in [6.07, 6.45) is 1.28. The number of carbonyl (C=O) groups is 3.